The fourth-order valence-corrected chi connectivity index (χ4v) is 2.22. The topological polar surface area (TPSA) is 75.2 Å². The van der Waals surface area contributed by atoms with Crippen molar-refractivity contribution in [2.24, 2.45) is 4.99 Å². The Morgan fingerprint density at radius 1 is 1.07 bits per heavy atom. The molecule has 0 bridgehead atoms. The number of nitrogens with one attached hydrogen (secondary N) is 2. The fourth-order valence-electron chi connectivity index (χ4n) is 2.22. The quantitative estimate of drug-likeness (QED) is 0.326. The predicted molar refractivity (Wildman–Crippen MR) is 129 cm³/mol. The summed E-state index contributed by atoms with van der Waals surface area (Å²) in [6.45, 7) is 11.4. The summed E-state index contributed by atoms with van der Waals surface area (Å²) in [6.07, 6.45) is -0.327. The molecule has 29 heavy (non-hydrogen) atoms. The molecule has 1 aromatic rings. The predicted octanol–water partition coefficient (Wildman–Crippen LogP) is 3.76. The van der Waals surface area contributed by atoms with Crippen LogP contribution in [0.4, 0.5) is 4.79 Å². The molecule has 7 nitrogen and oxygen atoms in total. The average Bonchev–Trinajstić information content (AvgIpc) is 2.61. The number of ether oxygens (including phenoxy) is 2. The van der Waals surface area contributed by atoms with Crippen molar-refractivity contribution in [1.29, 1.82) is 0 Å². The first-order chi connectivity index (χ1) is 13.0. The first kappa shape index (κ1) is 27.5. The zero-order chi connectivity index (χ0) is 21.4. The molecule has 0 saturated heterocycles. The van der Waals surface area contributed by atoms with Crippen LogP contribution in [0.25, 0.3) is 0 Å². The maximum Gasteiger partial charge on any atom is 0.410 e. The lowest BCUT2D eigenvalue weighted by atomic mass is 10.1. The molecule has 0 unspecified atom stereocenters. The molecule has 0 aliphatic heterocycles. The molecular weight excluding hydrogens is 483 g/mol. The van der Waals surface area contributed by atoms with Gasteiger partial charge in [0.15, 0.2) is 5.96 Å². The molecule has 0 radical (unpaired) electrons. The lowest BCUT2D eigenvalue weighted by Crippen LogP contribution is -2.45. The summed E-state index contributed by atoms with van der Waals surface area (Å²) >= 11 is 0. The molecule has 0 aliphatic carbocycles. The van der Waals surface area contributed by atoms with Crippen LogP contribution in [0.3, 0.4) is 0 Å². The van der Waals surface area contributed by atoms with E-state index >= 15 is 0 Å². The van der Waals surface area contributed by atoms with E-state index in [2.05, 4.69) is 15.6 Å². The highest BCUT2D eigenvalue weighted by Crippen LogP contribution is 2.12. The molecule has 1 amide bonds. The zero-order valence-corrected chi connectivity index (χ0v) is 21.3. The smallest absolute Gasteiger partial charge is 0.410 e. The minimum absolute atomic E-state index is 0. The Morgan fingerprint density at radius 3 is 2.10 bits per heavy atom. The largest absolute Gasteiger partial charge is 0.444 e. The van der Waals surface area contributed by atoms with Gasteiger partial charge >= 0.3 is 6.09 Å². The van der Waals surface area contributed by atoms with Gasteiger partial charge in [-0.05, 0) is 45.7 Å². The van der Waals surface area contributed by atoms with Crippen LogP contribution < -0.4 is 10.6 Å². The minimum atomic E-state index is -0.494. The number of aliphatic imine (C=N–C) groups is 1. The highest BCUT2D eigenvalue weighted by molar-refractivity contribution is 14.0. The van der Waals surface area contributed by atoms with Crippen molar-refractivity contribution in [2.75, 3.05) is 27.7 Å². The first-order valence-electron chi connectivity index (χ1n) is 9.47. The van der Waals surface area contributed by atoms with Crippen molar-refractivity contribution in [2.45, 2.75) is 58.9 Å². The van der Waals surface area contributed by atoms with E-state index in [0.717, 1.165) is 17.1 Å². The van der Waals surface area contributed by atoms with Crippen molar-refractivity contribution in [1.82, 2.24) is 15.5 Å². The van der Waals surface area contributed by atoms with Gasteiger partial charge in [-0.3, -0.25) is 4.99 Å². The van der Waals surface area contributed by atoms with Crippen LogP contribution in [0.15, 0.2) is 29.3 Å². The average molecular weight is 520 g/mol. The number of benzene rings is 1. The monoisotopic (exact) mass is 520 g/mol. The first-order valence-corrected chi connectivity index (χ1v) is 9.47. The van der Waals surface area contributed by atoms with Gasteiger partial charge in [0.05, 0.1) is 5.60 Å². The van der Waals surface area contributed by atoms with E-state index < -0.39 is 5.60 Å². The van der Waals surface area contributed by atoms with E-state index in [1.807, 2.05) is 58.9 Å². The second kappa shape index (κ2) is 12.2. The molecule has 0 heterocycles. The molecule has 1 aromatic carbocycles. The summed E-state index contributed by atoms with van der Waals surface area (Å²) in [5, 5.41) is 6.54. The van der Waals surface area contributed by atoms with Gasteiger partial charge in [-0.25, -0.2) is 4.79 Å². The van der Waals surface area contributed by atoms with Gasteiger partial charge in [0.2, 0.25) is 0 Å². The van der Waals surface area contributed by atoms with E-state index in [1.54, 1.807) is 26.1 Å². The molecule has 166 valence electrons. The normalized spacial score (nSPS) is 12.1. The number of guanidine groups is 1. The van der Waals surface area contributed by atoms with Gasteiger partial charge in [-0.15, -0.1) is 24.0 Å². The van der Waals surface area contributed by atoms with E-state index in [1.165, 1.54) is 0 Å². The van der Waals surface area contributed by atoms with E-state index in [-0.39, 0.29) is 35.7 Å². The number of hydrogen-bond donors (Lipinski definition) is 2. The number of methoxy groups -OCH3 is 1. The van der Waals surface area contributed by atoms with Gasteiger partial charge in [-0.2, -0.15) is 0 Å². The van der Waals surface area contributed by atoms with Gasteiger partial charge in [0, 0.05) is 40.8 Å². The number of amides is 1. The van der Waals surface area contributed by atoms with Crippen LogP contribution in [0.1, 0.15) is 45.7 Å². The number of nitrogens with zero attached hydrogens (tertiary/aromatic N) is 2. The molecule has 0 aliphatic rings. The van der Waals surface area contributed by atoms with Crippen molar-refractivity contribution in [3.8, 4) is 0 Å². The van der Waals surface area contributed by atoms with Crippen LogP contribution >= 0.6 is 24.0 Å². The Labute approximate surface area is 192 Å². The Morgan fingerprint density at radius 2 is 1.62 bits per heavy atom. The third-order valence-corrected chi connectivity index (χ3v) is 4.07. The lowest BCUT2D eigenvalue weighted by Gasteiger charge is -2.25. The highest BCUT2D eigenvalue weighted by atomic mass is 127. The Hall–Kier alpha value is -1.55. The third-order valence-electron chi connectivity index (χ3n) is 4.07. The number of hydrogen-bond acceptors (Lipinski definition) is 4. The van der Waals surface area contributed by atoms with Crippen molar-refractivity contribution < 1.29 is 14.3 Å². The van der Waals surface area contributed by atoms with Crippen LogP contribution in [-0.4, -0.2) is 55.9 Å². The molecule has 0 saturated carbocycles. The fraction of sp³-hybridized carbons (Fsp3) is 0.619. The minimum Gasteiger partial charge on any atom is -0.444 e. The van der Waals surface area contributed by atoms with Gasteiger partial charge in [0.1, 0.15) is 5.60 Å². The van der Waals surface area contributed by atoms with Gasteiger partial charge in [0.25, 0.3) is 0 Å². The molecule has 1 rings (SSSR count). The van der Waals surface area contributed by atoms with Crippen LogP contribution in [0.5, 0.6) is 0 Å². The summed E-state index contributed by atoms with van der Waals surface area (Å²) in [5.41, 5.74) is 1.41. The molecule has 0 aromatic heterocycles. The summed E-state index contributed by atoms with van der Waals surface area (Å²) < 4.78 is 10.8. The maximum absolute atomic E-state index is 12.1. The molecular formula is C21H37IN4O3. The Bertz CT molecular complexity index is 655. The number of carbonyl (C=O) groups excluding carboxylic acids is 1. The third kappa shape index (κ3) is 11.3. The molecule has 0 spiro atoms. The summed E-state index contributed by atoms with van der Waals surface area (Å²) in [6, 6.07) is 8.11. The maximum atomic E-state index is 12.1. The molecule has 0 fully saturated rings. The van der Waals surface area contributed by atoms with E-state index in [9.17, 15) is 4.79 Å². The SMILES string of the molecule is CN=C(NCc1ccc(CN(C)C(=O)OC(C)(C)C)cc1)NCC(C)(C)OC.I. The number of halogens is 1. The van der Waals surface area contributed by atoms with Crippen molar-refractivity contribution in [3.63, 3.8) is 0 Å². The van der Waals surface area contributed by atoms with Crippen molar-refractivity contribution in [3.05, 3.63) is 35.4 Å². The van der Waals surface area contributed by atoms with Crippen LogP contribution in [0.2, 0.25) is 0 Å². The molecule has 8 heteroatoms. The Balaban J connectivity index is 0.00000784. The second-order valence-corrected chi connectivity index (χ2v) is 8.40. The van der Waals surface area contributed by atoms with E-state index in [4.69, 9.17) is 9.47 Å². The van der Waals surface area contributed by atoms with Crippen LogP contribution in [-0.2, 0) is 22.6 Å². The summed E-state index contributed by atoms with van der Waals surface area (Å²) in [7, 11) is 5.17. The second-order valence-electron chi connectivity index (χ2n) is 8.40. The van der Waals surface area contributed by atoms with E-state index in [0.29, 0.717) is 19.6 Å². The van der Waals surface area contributed by atoms with Crippen molar-refractivity contribution >= 4 is 36.0 Å². The molecule has 0 atom stereocenters. The Kier molecular flexibility index (Phi) is 11.6. The number of rotatable bonds is 7. The molecule has 2 N–H and O–H groups in total. The summed E-state index contributed by atoms with van der Waals surface area (Å²) in [5.74, 6) is 0.721. The number of carbonyl (C=O) groups is 1. The summed E-state index contributed by atoms with van der Waals surface area (Å²) in [4.78, 5) is 17.9. The highest BCUT2D eigenvalue weighted by Gasteiger charge is 2.19. The van der Waals surface area contributed by atoms with Crippen LogP contribution in [0, 0.1) is 0 Å². The van der Waals surface area contributed by atoms with Gasteiger partial charge < -0.3 is 25.0 Å². The standard InChI is InChI=1S/C21H36N4O3.HI/c1-20(2,3)28-19(26)25(7)14-17-11-9-16(10-12-17)13-23-18(22-6)24-15-21(4,5)27-8;/h9-12H,13-15H2,1-8H3,(H2,22,23,24);1H. The zero-order valence-electron chi connectivity index (χ0n) is 19.0. The van der Waals surface area contributed by atoms with Gasteiger partial charge in [-0.1, -0.05) is 24.3 Å². The lowest BCUT2D eigenvalue weighted by molar-refractivity contribution is 0.0267.